The first kappa shape index (κ1) is 21.0. The maximum absolute atomic E-state index is 12.0. The molecule has 0 aliphatic carbocycles. The zero-order valence-corrected chi connectivity index (χ0v) is 16.7. The predicted molar refractivity (Wildman–Crippen MR) is 113 cm³/mol. The Labute approximate surface area is 163 Å². The van der Waals surface area contributed by atoms with Gasteiger partial charge in [0.25, 0.3) is 0 Å². The second kappa shape index (κ2) is 12.2. The van der Waals surface area contributed by atoms with Crippen molar-refractivity contribution < 1.29 is 4.79 Å². The van der Waals surface area contributed by atoms with Crippen LogP contribution in [0.1, 0.15) is 77.6 Å². The van der Waals surface area contributed by atoms with Crippen LogP contribution in [0.25, 0.3) is 10.9 Å². The Balaban J connectivity index is 1.80. The van der Waals surface area contributed by atoms with Crippen LogP contribution in [-0.2, 0) is 11.3 Å². The van der Waals surface area contributed by atoms with Crippen molar-refractivity contribution in [2.75, 3.05) is 5.32 Å². The number of nitriles is 1. The topological polar surface area (TPSA) is 57.8 Å². The molecule has 0 bridgehead atoms. The predicted octanol–water partition coefficient (Wildman–Crippen LogP) is 6.41. The minimum absolute atomic E-state index is 0.109. The highest BCUT2D eigenvalue weighted by atomic mass is 16.1. The molecular weight excluding hydrogens is 334 g/mol. The second-order valence-corrected chi connectivity index (χ2v) is 7.32. The standard InChI is InChI=1S/C23H33N3O/c1-2-3-9-12-23(27)25-21-14-13-20-15-18-26(22(20)19-21)17-11-8-6-4-5-7-10-16-24/h13-15,18-19H,2-12,17H2,1H3,(H,25,27). The van der Waals surface area contributed by atoms with E-state index in [0.717, 1.165) is 44.3 Å². The Morgan fingerprint density at radius 2 is 1.81 bits per heavy atom. The summed E-state index contributed by atoms with van der Waals surface area (Å²) in [7, 11) is 0. The van der Waals surface area contributed by atoms with Crippen molar-refractivity contribution in [2.24, 2.45) is 0 Å². The number of unbranched alkanes of at least 4 members (excludes halogenated alkanes) is 8. The molecule has 0 aliphatic rings. The molecule has 1 amide bonds. The SMILES string of the molecule is CCCCCC(=O)Nc1ccc2ccn(CCCCCCCCC#N)c2c1. The Kier molecular flexibility index (Phi) is 9.48. The van der Waals surface area contributed by atoms with Crippen LogP contribution in [0.5, 0.6) is 0 Å². The third kappa shape index (κ3) is 7.46. The van der Waals surface area contributed by atoms with E-state index in [0.29, 0.717) is 12.8 Å². The third-order valence-electron chi connectivity index (χ3n) is 5.00. The number of hydrogen-bond donors (Lipinski definition) is 1. The maximum Gasteiger partial charge on any atom is 0.224 e. The highest BCUT2D eigenvalue weighted by Gasteiger charge is 2.06. The molecule has 0 fully saturated rings. The molecule has 2 rings (SSSR count). The average Bonchev–Trinajstić information content (AvgIpc) is 3.06. The number of fused-ring (bicyclic) bond motifs is 1. The van der Waals surface area contributed by atoms with Crippen LogP contribution in [0.2, 0.25) is 0 Å². The first-order chi connectivity index (χ1) is 13.2. The summed E-state index contributed by atoms with van der Waals surface area (Å²) in [5.74, 6) is 0.109. The van der Waals surface area contributed by atoms with E-state index in [1.807, 2.05) is 6.07 Å². The van der Waals surface area contributed by atoms with E-state index in [9.17, 15) is 4.79 Å². The Hall–Kier alpha value is -2.28. The molecule has 1 heterocycles. The molecule has 27 heavy (non-hydrogen) atoms. The molecule has 2 aromatic rings. The van der Waals surface area contributed by atoms with Gasteiger partial charge in [0.2, 0.25) is 5.91 Å². The Bertz CT molecular complexity index is 742. The van der Waals surface area contributed by atoms with E-state index in [1.54, 1.807) is 0 Å². The Morgan fingerprint density at radius 3 is 2.59 bits per heavy atom. The van der Waals surface area contributed by atoms with Crippen LogP contribution in [0.4, 0.5) is 5.69 Å². The summed E-state index contributed by atoms with van der Waals surface area (Å²) in [5, 5.41) is 12.8. The number of carbonyl (C=O) groups is 1. The van der Waals surface area contributed by atoms with E-state index < -0.39 is 0 Å². The number of carbonyl (C=O) groups excluding carboxylic acids is 1. The molecule has 0 spiro atoms. The lowest BCUT2D eigenvalue weighted by atomic mass is 10.1. The van der Waals surface area contributed by atoms with Crippen LogP contribution in [-0.4, -0.2) is 10.5 Å². The zero-order chi connectivity index (χ0) is 19.3. The van der Waals surface area contributed by atoms with Crippen LogP contribution < -0.4 is 5.32 Å². The van der Waals surface area contributed by atoms with Crippen molar-refractivity contribution in [2.45, 2.75) is 84.1 Å². The van der Waals surface area contributed by atoms with Gasteiger partial charge < -0.3 is 9.88 Å². The number of rotatable bonds is 13. The first-order valence-corrected chi connectivity index (χ1v) is 10.5. The van der Waals surface area contributed by atoms with E-state index in [1.165, 1.54) is 36.6 Å². The molecule has 4 heteroatoms. The van der Waals surface area contributed by atoms with E-state index in [2.05, 4.69) is 47.3 Å². The van der Waals surface area contributed by atoms with Gasteiger partial charge in [-0.05, 0) is 42.8 Å². The van der Waals surface area contributed by atoms with E-state index >= 15 is 0 Å². The van der Waals surface area contributed by atoms with Gasteiger partial charge in [0.05, 0.1) is 11.6 Å². The summed E-state index contributed by atoms with van der Waals surface area (Å²) in [6, 6.07) is 10.5. The molecule has 1 aromatic heterocycles. The summed E-state index contributed by atoms with van der Waals surface area (Å²) in [4.78, 5) is 12.0. The van der Waals surface area contributed by atoms with Gasteiger partial charge in [0.1, 0.15) is 0 Å². The molecule has 1 N–H and O–H groups in total. The molecule has 0 radical (unpaired) electrons. The zero-order valence-electron chi connectivity index (χ0n) is 16.7. The highest BCUT2D eigenvalue weighted by Crippen LogP contribution is 2.22. The summed E-state index contributed by atoms with van der Waals surface area (Å²) in [6.45, 7) is 3.16. The van der Waals surface area contributed by atoms with Gasteiger partial charge in [-0.25, -0.2) is 0 Å². The number of anilines is 1. The fourth-order valence-electron chi connectivity index (χ4n) is 3.41. The lowest BCUT2D eigenvalue weighted by Gasteiger charge is -2.09. The monoisotopic (exact) mass is 367 g/mol. The number of aromatic nitrogens is 1. The maximum atomic E-state index is 12.0. The summed E-state index contributed by atoms with van der Waals surface area (Å²) in [6.07, 6.45) is 13.7. The van der Waals surface area contributed by atoms with E-state index in [-0.39, 0.29) is 5.91 Å². The van der Waals surface area contributed by atoms with Crippen LogP contribution in [0.3, 0.4) is 0 Å². The molecule has 0 atom stereocenters. The van der Waals surface area contributed by atoms with Gasteiger partial charge in [-0.1, -0.05) is 51.5 Å². The quantitative estimate of drug-likeness (QED) is 0.416. The van der Waals surface area contributed by atoms with Crippen LogP contribution in [0, 0.1) is 11.3 Å². The molecule has 0 unspecified atom stereocenters. The molecule has 4 nitrogen and oxygen atoms in total. The Morgan fingerprint density at radius 1 is 1.04 bits per heavy atom. The van der Waals surface area contributed by atoms with Gasteiger partial charge in [0, 0.05) is 31.3 Å². The van der Waals surface area contributed by atoms with Crippen LogP contribution in [0.15, 0.2) is 30.5 Å². The summed E-state index contributed by atoms with van der Waals surface area (Å²) in [5.41, 5.74) is 2.08. The smallest absolute Gasteiger partial charge is 0.224 e. The number of benzene rings is 1. The van der Waals surface area contributed by atoms with Crippen molar-refractivity contribution in [1.82, 2.24) is 4.57 Å². The molecule has 0 saturated heterocycles. The molecular formula is C23H33N3O. The fourth-order valence-corrected chi connectivity index (χ4v) is 3.41. The van der Waals surface area contributed by atoms with Gasteiger partial charge in [-0.15, -0.1) is 0 Å². The summed E-state index contributed by atoms with van der Waals surface area (Å²) < 4.78 is 2.29. The van der Waals surface area contributed by atoms with Gasteiger partial charge in [0.15, 0.2) is 0 Å². The molecule has 1 aromatic carbocycles. The minimum atomic E-state index is 0.109. The molecule has 146 valence electrons. The lowest BCUT2D eigenvalue weighted by Crippen LogP contribution is -2.11. The second-order valence-electron chi connectivity index (χ2n) is 7.32. The normalized spacial score (nSPS) is 10.8. The van der Waals surface area contributed by atoms with Crippen molar-refractivity contribution in [3.8, 4) is 6.07 Å². The molecule has 0 saturated carbocycles. The first-order valence-electron chi connectivity index (χ1n) is 10.5. The van der Waals surface area contributed by atoms with E-state index in [4.69, 9.17) is 5.26 Å². The van der Waals surface area contributed by atoms with Crippen molar-refractivity contribution in [1.29, 1.82) is 5.26 Å². The number of nitrogens with zero attached hydrogens (tertiary/aromatic N) is 2. The molecule has 0 aliphatic heterocycles. The van der Waals surface area contributed by atoms with Crippen molar-refractivity contribution >= 4 is 22.5 Å². The number of nitrogens with one attached hydrogen (secondary N) is 1. The number of amides is 1. The fraction of sp³-hybridized carbons (Fsp3) is 0.565. The minimum Gasteiger partial charge on any atom is -0.347 e. The van der Waals surface area contributed by atoms with Crippen molar-refractivity contribution in [3.63, 3.8) is 0 Å². The van der Waals surface area contributed by atoms with Crippen LogP contribution >= 0.6 is 0 Å². The van der Waals surface area contributed by atoms with Gasteiger partial charge in [-0.2, -0.15) is 5.26 Å². The number of hydrogen-bond acceptors (Lipinski definition) is 2. The van der Waals surface area contributed by atoms with Crippen molar-refractivity contribution in [3.05, 3.63) is 30.5 Å². The highest BCUT2D eigenvalue weighted by molar-refractivity contribution is 5.93. The summed E-state index contributed by atoms with van der Waals surface area (Å²) >= 11 is 0. The average molecular weight is 368 g/mol. The largest absolute Gasteiger partial charge is 0.347 e. The van der Waals surface area contributed by atoms with Gasteiger partial charge in [-0.3, -0.25) is 4.79 Å². The number of aryl methyl sites for hydroxylation is 1. The lowest BCUT2D eigenvalue weighted by molar-refractivity contribution is -0.116. The van der Waals surface area contributed by atoms with Gasteiger partial charge >= 0.3 is 0 Å². The third-order valence-corrected chi connectivity index (χ3v) is 5.00.